The smallest absolute Gasteiger partial charge is 0.311 e. The van der Waals surface area contributed by atoms with Crippen molar-refractivity contribution in [2.45, 2.75) is 58.5 Å². The van der Waals surface area contributed by atoms with Crippen molar-refractivity contribution in [2.75, 3.05) is 12.0 Å². The SMILES string of the molecule is CCOC(=O)Cc1csc(NN2C(C)CCCC2C)n1. The quantitative estimate of drug-likeness (QED) is 0.847. The maximum atomic E-state index is 11.4. The van der Waals surface area contributed by atoms with Gasteiger partial charge in [-0.3, -0.25) is 10.2 Å². The molecular weight excluding hydrogens is 274 g/mol. The number of esters is 1. The average molecular weight is 297 g/mol. The van der Waals surface area contributed by atoms with Crippen molar-refractivity contribution in [3.05, 3.63) is 11.1 Å². The minimum absolute atomic E-state index is 0.218. The summed E-state index contributed by atoms with van der Waals surface area (Å²) in [6.45, 7) is 6.69. The van der Waals surface area contributed by atoms with E-state index in [0.29, 0.717) is 18.7 Å². The Morgan fingerprint density at radius 2 is 2.20 bits per heavy atom. The fraction of sp³-hybridized carbons (Fsp3) is 0.714. The number of carbonyl (C=O) groups excluding carboxylic acids is 1. The molecule has 1 N–H and O–H groups in total. The van der Waals surface area contributed by atoms with Gasteiger partial charge in [-0.15, -0.1) is 11.3 Å². The molecule has 1 aliphatic heterocycles. The minimum atomic E-state index is -0.218. The second-order valence-corrected chi connectivity index (χ2v) is 6.13. The lowest BCUT2D eigenvalue weighted by atomic mass is 10.00. The van der Waals surface area contributed by atoms with Crippen LogP contribution in [0.2, 0.25) is 0 Å². The summed E-state index contributed by atoms with van der Waals surface area (Å²) in [7, 11) is 0. The second kappa shape index (κ2) is 7.04. The van der Waals surface area contributed by atoms with E-state index in [1.807, 2.05) is 12.3 Å². The molecule has 0 aliphatic carbocycles. The topological polar surface area (TPSA) is 54.5 Å². The lowest BCUT2D eigenvalue weighted by Gasteiger charge is -2.38. The first-order valence-corrected chi connectivity index (χ1v) is 8.13. The summed E-state index contributed by atoms with van der Waals surface area (Å²) in [5.74, 6) is -0.218. The van der Waals surface area contributed by atoms with E-state index >= 15 is 0 Å². The van der Waals surface area contributed by atoms with Crippen LogP contribution in [0.25, 0.3) is 0 Å². The number of ether oxygens (including phenoxy) is 1. The van der Waals surface area contributed by atoms with Crippen LogP contribution in [0.15, 0.2) is 5.38 Å². The fourth-order valence-electron chi connectivity index (χ4n) is 2.55. The summed E-state index contributed by atoms with van der Waals surface area (Å²) in [5.41, 5.74) is 4.17. The van der Waals surface area contributed by atoms with Crippen LogP contribution in [-0.4, -0.2) is 34.7 Å². The molecular formula is C14H23N3O2S. The van der Waals surface area contributed by atoms with E-state index in [9.17, 15) is 4.79 Å². The maximum Gasteiger partial charge on any atom is 0.311 e. The molecule has 2 heterocycles. The van der Waals surface area contributed by atoms with Crippen molar-refractivity contribution in [3.63, 3.8) is 0 Å². The number of anilines is 1. The van der Waals surface area contributed by atoms with Crippen LogP contribution in [-0.2, 0) is 16.0 Å². The highest BCUT2D eigenvalue weighted by atomic mass is 32.1. The third-order valence-electron chi connectivity index (χ3n) is 3.60. The number of nitrogens with one attached hydrogen (secondary N) is 1. The molecule has 1 aromatic heterocycles. The zero-order chi connectivity index (χ0) is 14.5. The molecule has 0 spiro atoms. The molecule has 1 aromatic rings. The van der Waals surface area contributed by atoms with Crippen LogP contribution < -0.4 is 5.43 Å². The summed E-state index contributed by atoms with van der Waals surface area (Å²) in [5, 5.41) is 5.04. The molecule has 5 nitrogen and oxygen atoms in total. The van der Waals surface area contributed by atoms with Gasteiger partial charge in [0, 0.05) is 17.5 Å². The van der Waals surface area contributed by atoms with Gasteiger partial charge in [0.25, 0.3) is 0 Å². The van der Waals surface area contributed by atoms with Gasteiger partial charge >= 0.3 is 5.97 Å². The molecule has 20 heavy (non-hydrogen) atoms. The molecule has 0 saturated carbocycles. The molecule has 0 amide bonds. The predicted octanol–water partition coefficient (Wildman–Crippen LogP) is 2.84. The summed E-state index contributed by atoms with van der Waals surface area (Å²) in [6, 6.07) is 1.02. The Hall–Kier alpha value is -1.14. The van der Waals surface area contributed by atoms with Crippen LogP contribution in [0.5, 0.6) is 0 Å². The molecule has 1 fully saturated rings. The number of aromatic nitrogens is 1. The minimum Gasteiger partial charge on any atom is -0.466 e. The Morgan fingerprint density at radius 3 is 2.85 bits per heavy atom. The number of hydrogen-bond donors (Lipinski definition) is 1. The van der Waals surface area contributed by atoms with Gasteiger partial charge in [-0.25, -0.2) is 9.99 Å². The van der Waals surface area contributed by atoms with Gasteiger partial charge in [-0.1, -0.05) is 6.42 Å². The Bertz CT molecular complexity index is 439. The summed E-state index contributed by atoms with van der Waals surface area (Å²) in [4.78, 5) is 15.9. The molecule has 2 rings (SSSR count). The number of hydrogen-bond acceptors (Lipinski definition) is 6. The van der Waals surface area contributed by atoms with Crippen molar-refractivity contribution >= 4 is 22.4 Å². The number of hydrazine groups is 1. The molecule has 0 bridgehead atoms. The van der Waals surface area contributed by atoms with Gasteiger partial charge in [0.15, 0.2) is 5.13 Å². The predicted molar refractivity (Wildman–Crippen MR) is 80.7 cm³/mol. The first-order chi connectivity index (χ1) is 9.60. The van der Waals surface area contributed by atoms with Gasteiger partial charge in [0.2, 0.25) is 0 Å². The normalized spacial score (nSPS) is 23.6. The van der Waals surface area contributed by atoms with Gasteiger partial charge in [0.1, 0.15) is 0 Å². The zero-order valence-electron chi connectivity index (χ0n) is 12.4. The molecule has 0 radical (unpaired) electrons. The monoisotopic (exact) mass is 297 g/mol. The number of nitrogens with zero attached hydrogens (tertiary/aromatic N) is 2. The summed E-state index contributed by atoms with van der Waals surface area (Å²) < 4.78 is 4.93. The standard InChI is InChI=1S/C14H23N3O2S/c1-4-19-13(18)8-12-9-20-14(15-12)16-17-10(2)6-5-7-11(17)3/h9-11H,4-8H2,1-3H3,(H,15,16). The van der Waals surface area contributed by atoms with Gasteiger partial charge in [-0.2, -0.15) is 0 Å². The van der Waals surface area contributed by atoms with E-state index in [0.717, 1.165) is 10.8 Å². The lowest BCUT2D eigenvalue weighted by Crippen LogP contribution is -2.47. The first-order valence-electron chi connectivity index (χ1n) is 7.25. The van der Waals surface area contributed by atoms with E-state index in [4.69, 9.17) is 4.74 Å². The van der Waals surface area contributed by atoms with Crippen LogP contribution in [0.4, 0.5) is 5.13 Å². The number of rotatable bonds is 5. The van der Waals surface area contributed by atoms with Crippen molar-refractivity contribution in [1.29, 1.82) is 0 Å². The highest BCUT2D eigenvalue weighted by molar-refractivity contribution is 7.13. The zero-order valence-corrected chi connectivity index (χ0v) is 13.2. The summed E-state index contributed by atoms with van der Waals surface area (Å²) >= 11 is 1.54. The average Bonchev–Trinajstić information content (AvgIpc) is 2.82. The van der Waals surface area contributed by atoms with Crippen LogP contribution in [0.3, 0.4) is 0 Å². The molecule has 112 valence electrons. The third kappa shape index (κ3) is 3.93. The Labute approximate surface area is 124 Å². The largest absolute Gasteiger partial charge is 0.466 e. The van der Waals surface area contributed by atoms with Gasteiger partial charge in [0.05, 0.1) is 18.7 Å². The molecule has 1 saturated heterocycles. The van der Waals surface area contributed by atoms with E-state index in [-0.39, 0.29) is 12.4 Å². The third-order valence-corrected chi connectivity index (χ3v) is 4.40. The van der Waals surface area contributed by atoms with E-state index in [1.54, 1.807) is 0 Å². The highest BCUT2D eigenvalue weighted by Crippen LogP contribution is 2.25. The van der Waals surface area contributed by atoms with Gasteiger partial charge in [-0.05, 0) is 33.6 Å². The van der Waals surface area contributed by atoms with Crippen LogP contribution in [0, 0.1) is 0 Å². The number of thiazole rings is 1. The fourth-order valence-corrected chi connectivity index (χ4v) is 3.26. The van der Waals surface area contributed by atoms with E-state index in [2.05, 4.69) is 29.3 Å². The van der Waals surface area contributed by atoms with Gasteiger partial charge < -0.3 is 4.74 Å². The Kier molecular flexibility index (Phi) is 5.37. The molecule has 2 unspecified atom stereocenters. The van der Waals surface area contributed by atoms with Crippen molar-refractivity contribution in [3.8, 4) is 0 Å². The maximum absolute atomic E-state index is 11.4. The Morgan fingerprint density at radius 1 is 1.50 bits per heavy atom. The summed E-state index contributed by atoms with van der Waals surface area (Å²) in [6.07, 6.45) is 3.94. The molecule has 2 atom stereocenters. The first kappa shape index (κ1) is 15.3. The van der Waals surface area contributed by atoms with E-state index < -0.39 is 0 Å². The van der Waals surface area contributed by atoms with Crippen LogP contribution >= 0.6 is 11.3 Å². The molecule has 6 heteroatoms. The van der Waals surface area contributed by atoms with Crippen molar-refractivity contribution < 1.29 is 9.53 Å². The van der Waals surface area contributed by atoms with Crippen LogP contribution in [0.1, 0.15) is 45.7 Å². The number of piperidine rings is 1. The van der Waals surface area contributed by atoms with E-state index in [1.165, 1.54) is 30.6 Å². The molecule has 0 aromatic carbocycles. The molecule has 1 aliphatic rings. The number of carbonyl (C=O) groups is 1. The van der Waals surface area contributed by atoms with Crippen molar-refractivity contribution in [1.82, 2.24) is 9.99 Å². The van der Waals surface area contributed by atoms with Crippen molar-refractivity contribution in [2.24, 2.45) is 0 Å². The second-order valence-electron chi connectivity index (χ2n) is 5.27. The highest BCUT2D eigenvalue weighted by Gasteiger charge is 2.25. The Balaban J connectivity index is 1.93. The lowest BCUT2D eigenvalue weighted by molar-refractivity contribution is -0.142.